The van der Waals surface area contributed by atoms with Crippen LogP contribution in [0.3, 0.4) is 0 Å². The molecule has 39 heavy (non-hydrogen) atoms. The number of hydrogen-bond donors (Lipinski definition) is 3. The molecular weight excluding hydrogens is 496 g/mol. The Morgan fingerprint density at radius 2 is 1.51 bits per heavy atom. The molecule has 1 aliphatic rings. The number of aryl methyl sites for hydroxylation is 1. The van der Waals surface area contributed by atoms with Crippen LogP contribution >= 0.6 is 0 Å². The first-order valence-corrected chi connectivity index (χ1v) is 13.4. The molecule has 1 fully saturated rings. The Balaban J connectivity index is 1.52. The molecule has 9 heteroatoms. The van der Waals surface area contributed by atoms with Gasteiger partial charge in [0.05, 0.1) is 24.6 Å². The molecule has 0 spiro atoms. The van der Waals surface area contributed by atoms with E-state index in [1.54, 1.807) is 24.3 Å². The van der Waals surface area contributed by atoms with Gasteiger partial charge in [0.1, 0.15) is 6.04 Å². The molecule has 3 N–H and O–H groups in total. The van der Waals surface area contributed by atoms with E-state index >= 15 is 0 Å². The third-order valence-corrected chi connectivity index (χ3v) is 6.88. The van der Waals surface area contributed by atoms with E-state index in [2.05, 4.69) is 16.0 Å². The van der Waals surface area contributed by atoms with E-state index in [-0.39, 0.29) is 60.8 Å². The maximum absolute atomic E-state index is 12.8. The average molecular weight is 535 g/mol. The van der Waals surface area contributed by atoms with Gasteiger partial charge in [0.15, 0.2) is 0 Å². The number of rotatable bonds is 11. The lowest BCUT2D eigenvalue weighted by Crippen LogP contribution is -2.51. The first kappa shape index (κ1) is 29.5. The van der Waals surface area contributed by atoms with Crippen molar-refractivity contribution in [3.8, 4) is 0 Å². The molecular formula is C30H38N4O5. The van der Waals surface area contributed by atoms with Crippen LogP contribution in [-0.2, 0) is 36.8 Å². The summed E-state index contributed by atoms with van der Waals surface area (Å²) in [5, 5.41) is 8.09. The van der Waals surface area contributed by atoms with Crippen LogP contribution in [0.1, 0.15) is 52.2 Å². The van der Waals surface area contributed by atoms with E-state index in [0.29, 0.717) is 16.9 Å². The van der Waals surface area contributed by atoms with Gasteiger partial charge in [-0.25, -0.2) is 0 Å². The number of amides is 5. The molecule has 0 saturated carbocycles. The number of hydrogen-bond acceptors (Lipinski definition) is 5. The normalized spacial score (nSPS) is 16.0. The summed E-state index contributed by atoms with van der Waals surface area (Å²) in [6, 6.07) is 13.4. The Kier molecular flexibility index (Phi) is 9.98. The highest BCUT2D eigenvalue weighted by molar-refractivity contribution is 6.21. The number of carbonyl (C=O) groups excluding carboxylic acids is 5. The summed E-state index contributed by atoms with van der Waals surface area (Å²) >= 11 is 0. The minimum Gasteiger partial charge on any atom is -0.345 e. The average Bonchev–Trinajstić information content (AvgIpc) is 3.20. The number of carbonyl (C=O) groups is 5. The summed E-state index contributed by atoms with van der Waals surface area (Å²) in [5.74, 6) is -2.04. The zero-order valence-corrected chi connectivity index (χ0v) is 23.2. The molecule has 2 atom stereocenters. The van der Waals surface area contributed by atoms with Crippen molar-refractivity contribution in [3.05, 3.63) is 59.7 Å². The highest BCUT2D eigenvalue weighted by Crippen LogP contribution is 2.30. The van der Waals surface area contributed by atoms with Gasteiger partial charge in [-0.05, 0) is 53.6 Å². The summed E-state index contributed by atoms with van der Waals surface area (Å²) in [4.78, 5) is 64.1. The van der Waals surface area contributed by atoms with E-state index in [9.17, 15) is 24.0 Å². The number of imide groups is 1. The van der Waals surface area contributed by atoms with Crippen LogP contribution in [0.2, 0.25) is 0 Å². The number of benzene rings is 2. The number of nitrogens with one attached hydrogen (secondary N) is 3. The smallest absolute Gasteiger partial charge is 0.243 e. The van der Waals surface area contributed by atoms with E-state index in [4.69, 9.17) is 0 Å². The molecule has 0 aliphatic carbocycles. The molecule has 2 aromatic carbocycles. The van der Waals surface area contributed by atoms with Gasteiger partial charge in [-0.3, -0.25) is 28.9 Å². The highest BCUT2D eigenvalue weighted by Gasteiger charge is 2.40. The van der Waals surface area contributed by atoms with Gasteiger partial charge in [0.25, 0.3) is 0 Å². The van der Waals surface area contributed by atoms with Crippen molar-refractivity contribution >= 4 is 40.9 Å². The quantitative estimate of drug-likeness (QED) is 0.382. The van der Waals surface area contributed by atoms with Crippen molar-refractivity contribution in [2.24, 2.45) is 17.8 Å². The van der Waals surface area contributed by atoms with Crippen LogP contribution in [0.4, 0.5) is 11.4 Å². The molecule has 2 unspecified atom stereocenters. The van der Waals surface area contributed by atoms with Crippen molar-refractivity contribution in [2.75, 3.05) is 16.8 Å². The van der Waals surface area contributed by atoms with Crippen LogP contribution in [0.15, 0.2) is 48.5 Å². The van der Waals surface area contributed by atoms with Crippen molar-refractivity contribution in [2.45, 2.75) is 59.9 Å². The van der Waals surface area contributed by atoms with Crippen molar-refractivity contribution in [1.82, 2.24) is 10.6 Å². The summed E-state index contributed by atoms with van der Waals surface area (Å²) < 4.78 is 0. The van der Waals surface area contributed by atoms with E-state index in [0.717, 1.165) is 12.0 Å². The van der Waals surface area contributed by atoms with Gasteiger partial charge < -0.3 is 16.0 Å². The monoisotopic (exact) mass is 534 g/mol. The lowest BCUT2D eigenvalue weighted by Gasteiger charge is -2.22. The molecule has 5 amide bonds. The van der Waals surface area contributed by atoms with Gasteiger partial charge in [-0.2, -0.15) is 0 Å². The highest BCUT2D eigenvalue weighted by atomic mass is 16.2. The number of anilines is 2. The molecule has 0 bridgehead atoms. The Labute approximate surface area is 229 Å². The topological polar surface area (TPSA) is 125 Å². The minimum atomic E-state index is -0.818. The maximum atomic E-state index is 12.8. The molecule has 2 aromatic rings. The molecule has 208 valence electrons. The standard InChI is InChI=1S/C30H38N4O5/c1-6-20-7-11-22(12-8-20)32-26(36)17-31-29(38)28(19(4)5)33-25(35)15-21-9-13-23(14-10-21)34-27(37)16-24(18(2)3)30(34)39/h7-14,18-19,24,28H,6,15-17H2,1-5H3,(H,31,38)(H,32,36)(H,33,35). The first-order chi connectivity index (χ1) is 18.5. The first-order valence-electron chi connectivity index (χ1n) is 13.4. The fraction of sp³-hybridized carbons (Fsp3) is 0.433. The maximum Gasteiger partial charge on any atom is 0.243 e. The van der Waals surface area contributed by atoms with E-state index < -0.39 is 11.9 Å². The van der Waals surface area contributed by atoms with Crippen LogP contribution in [0, 0.1) is 17.8 Å². The van der Waals surface area contributed by atoms with Crippen LogP contribution < -0.4 is 20.9 Å². The molecule has 3 rings (SSSR count). The van der Waals surface area contributed by atoms with Gasteiger partial charge in [0, 0.05) is 12.1 Å². The van der Waals surface area contributed by atoms with Crippen LogP contribution in [0.5, 0.6) is 0 Å². The molecule has 9 nitrogen and oxygen atoms in total. The Morgan fingerprint density at radius 3 is 2.05 bits per heavy atom. The van der Waals surface area contributed by atoms with Crippen LogP contribution in [0.25, 0.3) is 0 Å². The van der Waals surface area contributed by atoms with E-state index in [1.807, 2.05) is 58.9 Å². The summed E-state index contributed by atoms with van der Waals surface area (Å²) in [6.07, 6.45) is 1.12. The number of nitrogens with zero attached hydrogens (tertiary/aromatic N) is 1. The fourth-order valence-electron chi connectivity index (χ4n) is 4.46. The van der Waals surface area contributed by atoms with E-state index in [1.165, 1.54) is 4.90 Å². The third-order valence-electron chi connectivity index (χ3n) is 6.88. The van der Waals surface area contributed by atoms with Gasteiger partial charge in [-0.15, -0.1) is 0 Å². The van der Waals surface area contributed by atoms with Gasteiger partial charge >= 0.3 is 0 Å². The Hall–Kier alpha value is -4.01. The Morgan fingerprint density at radius 1 is 0.897 bits per heavy atom. The lowest BCUT2D eigenvalue weighted by molar-refractivity contribution is -0.130. The lowest BCUT2D eigenvalue weighted by atomic mass is 9.94. The Bertz CT molecular complexity index is 1200. The second-order valence-electron chi connectivity index (χ2n) is 10.6. The third kappa shape index (κ3) is 7.75. The molecule has 0 aromatic heterocycles. The minimum absolute atomic E-state index is 0.0154. The zero-order chi connectivity index (χ0) is 28.7. The zero-order valence-electron chi connectivity index (χ0n) is 23.2. The summed E-state index contributed by atoms with van der Waals surface area (Å²) in [5.41, 5.74) is 2.96. The predicted molar refractivity (Wildman–Crippen MR) is 150 cm³/mol. The predicted octanol–water partition coefficient (Wildman–Crippen LogP) is 3.22. The van der Waals surface area contributed by atoms with Gasteiger partial charge in [0.2, 0.25) is 29.5 Å². The fourth-order valence-corrected chi connectivity index (χ4v) is 4.46. The largest absolute Gasteiger partial charge is 0.345 e. The van der Waals surface area contributed by atoms with Crippen molar-refractivity contribution < 1.29 is 24.0 Å². The van der Waals surface area contributed by atoms with Crippen molar-refractivity contribution in [1.29, 1.82) is 0 Å². The molecule has 0 radical (unpaired) electrons. The van der Waals surface area contributed by atoms with Gasteiger partial charge in [-0.1, -0.05) is 58.9 Å². The molecule has 1 saturated heterocycles. The molecule has 1 heterocycles. The molecule has 1 aliphatic heterocycles. The van der Waals surface area contributed by atoms with Crippen LogP contribution in [-0.4, -0.2) is 42.1 Å². The summed E-state index contributed by atoms with van der Waals surface area (Å²) in [6.45, 7) is 9.29. The second-order valence-corrected chi connectivity index (χ2v) is 10.6. The second kappa shape index (κ2) is 13.2. The SMILES string of the molecule is CCc1ccc(NC(=O)CNC(=O)C(NC(=O)Cc2ccc(N3C(=O)CC(C(C)C)C3=O)cc2)C(C)C)cc1. The van der Waals surface area contributed by atoms with Crippen molar-refractivity contribution in [3.63, 3.8) is 0 Å². The summed E-state index contributed by atoms with van der Waals surface area (Å²) in [7, 11) is 0.